The predicted octanol–water partition coefficient (Wildman–Crippen LogP) is 3.82. The quantitative estimate of drug-likeness (QED) is 0.578. The van der Waals surface area contributed by atoms with Gasteiger partial charge in [0, 0.05) is 0 Å². The lowest BCUT2D eigenvalue weighted by molar-refractivity contribution is 0.306. The first-order valence-electron chi connectivity index (χ1n) is 5.16. The first kappa shape index (κ1) is 9.09. The number of rotatable bonds is 3. The third-order valence-corrected chi connectivity index (χ3v) is 2.77. The summed E-state index contributed by atoms with van der Waals surface area (Å²) in [5.41, 5.74) is 0. The molecule has 0 heteroatoms. The molecular formula is C11H21. The molecule has 0 aromatic heterocycles. The van der Waals surface area contributed by atoms with E-state index in [0.29, 0.717) is 0 Å². The summed E-state index contributed by atoms with van der Waals surface area (Å²) in [6.45, 7) is 4.66. The summed E-state index contributed by atoms with van der Waals surface area (Å²) in [6.07, 6.45) is 11.1. The molecule has 0 aromatic rings. The van der Waals surface area contributed by atoms with Crippen LogP contribution in [0.5, 0.6) is 0 Å². The molecule has 1 fully saturated rings. The van der Waals surface area contributed by atoms with Gasteiger partial charge in [-0.2, -0.15) is 0 Å². The van der Waals surface area contributed by atoms with E-state index < -0.39 is 0 Å². The summed E-state index contributed by atoms with van der Waals surface area (Å²) in [6, 6.07) is 0. The average molecular weight is 153 g/mol. The van der Waals surface area contributed by atoms with Gasteiger partial charge in [0.1, 0.15) is 0 Å². The van der Waals surface area contributed by atoms with E-state index in [1.807, 2.05) is 0 Å². The van der Waals surface area contributed by atoms with Crippen LogP contribution in [0.1, 0.15) is 52.4 Å². The Bertz CT molecular complexity index is 96.2. The van der Waals surface area contributed by atoms with E-state index in [4.69, 9.17) is 0 Å². The summed E-state index contributed by atoms with van der Waals surface area (Å²) in [7, 11) is 0. The second-order valence-corrected chi connectivity index (χ2v) is 4.06. The molecule has 0 heterocycles. The summed E-state index contributed by atoms with van der Waals surface area (Å²) < 4.78 is 0. The summed E-state index contributed by atoms with van der Waals surface area (Å²) in [5.74, 6) is 1.94. The molecule has 65 valence electrons. The van der Waals surface area contributed by atoms with Gasteiger partial charge in [-0.1, -0.05) is 46.0 Å². The second-order valence-electron chi connectivity index (χ2n) is 4.06. The number of hydrogen-bond acceptors (Lipinski definition) is 0. The fourth-order valence-electron chi connectivity index (χ4n) is 2.10. The SMILES string of the molecule is CCC[CH]C1CCCC(C)C1. The summed E-state index contributed by atoms with van der Waals surface area (Å²) in [4.78, 5) is 0. The summed E-state index contributed by atoms with van der Waals surface area (Å²) >= 11 is 0. The highest BCUT2D eigenvalue weighted by Gasteiger charge is 2.17. The average Bonchev–Trinajstić information content (AvgIpc) is 2.01. The van der Waals surface area contributed by atoms with Crippen LogP contribution >= 0.6 is 0 Å². The largest absolute Gasteiger partial charge is 0.0654 e. The first-order valence-corrected chi connectivity index (χ1v) is 5.16. The van der Waals surface area contributed by atoms with Crippen molar-refractivity contribution >= 4 is 0 Å². The maximum atomic E-state index is 2.55. The molecule has 0 N–H and O–H groups in total. The zero-order valence-electron chi connectivity index (χ0n) is 7.97. The van der Waals surface area contributed by atoms with Gasteiger partial charge in [-0.05, 0) is 24.7 Å². The molecule has 1 aliphatic carbocycles. The van der Waals surface area contributed by atoms with Gasteiger partial charge in [0.25, 0.3) is 0 Å². The van der Waals surface area contributed by atoms with Crippen molar-refractivity contribution in [3.63, 3.8) is 0 Å². The zero-order chi connectivity index (χ0) is 8.10. The standard InChI is InChI=1S/C11H21/c1-3-4-7-11-8-5-6-10(2)9-11/h7,10-11H,3-6,8-9H2,1-2H3. The van der Waals surface area contributed by atoms with Crippen LogP contribution in [0.4, 0.5) is 0 Å². The summed E-state index contributed by atoms with van der Waals surface area (Å²) in [5, 5.41) is 0. The van der Waals surface area contributed by atoms with Crippen molar-refractivity contribution in [3.8, 4) is 0 Å². The number of unbranched alkanes of at least 4 members (excludes halogenated alkanes) is 1. The molecule has 0 bridgehead atoms. The Balaban J connectivity index is 2.12. The van der Waals surface area contributed by atoms with Crippen molar-refractivity contribution in [3.05, 3.63) is 6.42 Å². The molecular weight excluding hydrogens is 132 g/mol. The molecule has 1 saturated carbocycles. The Hall–Kier alpha value is 0. The molecule has 0 aliphatic heterocycles. The normalized spacial score (nSPS) is 32.2. The van der Waals surface area contributed by atoms with Gasteiger partial charge in [0.2, 0.25) is 0 Å². The van der Waals surface area contributed by atoms with Crippen LogP contribution in [0.3, 0.4) is 0 Å². The van der Waals surface area contributed by atoms with E-state index in [9.17, 15) is 0 Å². The van der Waals surface area contributed by atoms with Crippen molar-refractivity contribution < 1.29 is 0 Å². The van der Waals surface area contributed by atoms with Crippen LogP contribution in [0.15, 0.2) is 0 Å². The molecule has 1 radical (unpaired) electrons. The van der Waals surface area contributed by atoms with Crippen LogP contribution in [-0.4, -0.2) is 0 Å². The van der Waals surface area contributed by atoms with Gasteiger partial charge in [-0.15, -0.1) is 0 Å². The van der Waals surface area contributed by atoms with Crippen molar-refractivity contribution in [2.24, 2.45) is 11.8 Å². The third kappa shape index (κ3) is 3.27. The van der Waals surface area contributed by atoms with E-state index in [-0.39, 0.29) is 0 Å². The van der Waals surface area contributed by atoms with Gasteiger partial charge < -0.3 is 0 Å². The van der Waals surface area contributed by atoms with Crippen LogP contribution < -0.4 is 0 Å². The van der Waals surface area contributed by atoms with E-state index in [2.05, 4.69) is 20.3 Å². The molecule has 0 nitrogen and oxygen atoms in total. The highest BCUT2D eigenvalue weighted by Crippen LogP contribution is 2.30. The molecule has 0 saturated heterocycles. The van der Waals surface area contributed by atoms with Crippen LogP contribution in [-0.2, 0) is 0 Å². The van der Waals surface area contributed by atoms with Crippen molar-refractivity contribution in [2.45, 2.75) is 52.4 Å². The van der Waals surface area contributed by atoms with E-state index in [0.717, 1.165) is 11.8 Å². The molecule has 0 spiro atoms. The first-order chi connectivity index (χ1) is 5.33. The maximum Gasteiger partial charge on any atom is -0.0355 e. The van der Waals surface area contributed by atoms with Gasteiger partial charge in [-0.3, -0.25) is 0 Å². The minimum atomic E-state index is 0.957. The van der Waals surface area contributed by atoms with E-state index in [1.165, 1.54) is 38.5 Å². The molecule has 0 aromatic carbocycles. The zero-order valence-corrected chi connectivity index (χ0v) is 7.97. The topological polar surface area (TPSA) is 0 Å². The minimum Gasteiger partial charge on any atom is -0.0654 e. The fraction of sp³-hybridized carbons (Fsp3) is 0.909. The molecule has 0 amide bonds. The molecule has 11 heavy (non-hydrogen) atoms. The molecule has 1 rings (SSSR count). The lowest BCUT2D eigenvalue weighted by Gasteiger charge is -2.26. The predicted molar refractivity (Wildman–Crippen MR) is 50.3 cm³/mol. The van der Waals surface area contributed by atoms with Gasteiger partial charge in [0.15, 0.2) is 0 Å². The lowest BCUT2D eigenvalue weighted by atomic mass is 9.80. The van der Waals surface area contributed by atoms with Crippen LogP contribution in [0.25, 0.3) is 0 Å². The lowest BCUT2D eigenvalue weighted by Crippen LogP contribution is -2.13. The maximum absolute atomic E-state index is 2.55. The minimum absolute atomic E-state index is 0.957. The van der Waals surface area contributed by atoms with Crippen LogP contribution in [0, 0.1) is 18.3 Å². The fourth-order valence-corrected chi connectivity index (χ4v) is 2.10. The number of hydrogen-bond donors (Lipinski definition) is 0. The highest BCUT2D eigenvalue weighted by molar-refractivity contribution is 4.80. The van der Waals surface area contributed by atoms with Gasteiger partial charge in [0.05, 0.1) is 0 Å². The monoisotopic (exact) mass is 153 g/mol. The van der Waals surface area contributed by atoms with Gasteiger partial charge >= 0.3 is 0 Å². The van der Waals surface area contributed by atoms with Crippen molar-refractivity contribution in [1.29, 1.82) is 0 Å². The van der Waals surface area contributed by atoms with Crippen LogP contribution in [0.2, 0.25) is 0 Å². The Morgan fingerprint density at radius 2 is 2.18 bits per heavy atom. The molecule has 1 aliphatic rings. The Morgan fingerprint density at radius 3 is 2.82 bits per heavy atom. The van der Waals surface area contributed by atoms with Crippen molar-refractivity contribution in [2.75, 3.05) is 0 Å². The molecule has 2 unspecified atom stereocenters. The van der Waals surface area contributed by atoms with E-state index in [1.54, 1.807) is 0 Å². The Labute approximate surface area is 71.4 Å². The molecule has 2 atom stereocenters. The van der Waals surface area contributed by atoms with E-state index >= 15 is 0 Å². The smallest absolute Gasteiger partial charge is 0.0355 e. The Morgan fingerprint density at radius 1 is 1.36 bits per heavy atom. The Kier molecular flexibility index (Phi) is 3.96. The highest BCUT2D eigenvalue weighted by atomic mass is 14.2. The van der Waals surface area contributed by atoms with Gasteiger partial charge in [-0.25, -0.2) is 0 Å². The third-order valence-electron chi connectivity index (χ3n) is 2.77. The van der Waals surface area contributed by atoms with Crippen molar-refractivity contribution in [1.82, 2.24) is 0 Å². The second kappa shape index (κ2) is 4.79.